The van der Waals surface area contributed by atoms with E-state index in [-0.39, 0.29) is 5.91 Å². The van der Waals surface area contributed by atoms with Gasteiger partial charge in [-0.2, -0.15) is 4.31 Å². The van der Waals surface area contributed by atoms with Gasteiger partial charge in [0.2, 0.25) is 15.9 Å². The molecule has 7 heteroatoms. The summed E-state index contributed by atoms with van der Waals surface area (Å²) in [6.07, 6.45) is 0.951. The third kappa shape index (κ3) is 3.52. The summed E-state index contributed by atoms with van der Waals surface area (Å²) >= 11 is 0. The van der Waals surface area contributed by atoms with Gasteiger partial charge in [-0.3, -0.25) is 4.79 Å². The second kappa shape index (κ2) is 7.56. The van der Waals surface area contributed by atoms with E-state index in [0.717, 1.165) is 12.1 Å². The quantitative estimate of drug-likeness (QED) is 0.789. The van der Waals surface area contributed by atoms with Crippen LogP contribution in [0.25, 0.3) is 0 Å². The van der Waals surface area contributed by atoms with Gasteiger partial charge in [0.05, 0.1) is 11.4 Å². The van der Waals surface area contributed by atoms with Gasteiger partial charge in [0.25, 0.3) is 0 Å². The average Bonchev–Trinajstić information content (AvgIpc) is 3.04. The van der Waals surface area contributed by atoms with Gasteiger partial charge in [-0.1, -0.05) is 36.4 Å². The average molecular weight is 400 g/mol. The first-order valence-corrected chi connectivity index (χ1v) is 11.1. The number of hydrogen-bond donors (Lipinski definition) is 0. The Kier molecular flexibility index (Phi) is 5.12. The van der Waals surface area contributed by atoms with Gasteiger partial charge in [0, 0.05) is 37.9 Å². The standard InChI is InChI=1S/C21H25N3O3S/c1-17-15-18-7-5-6-10-20(18)24(17)16-21(25)22-11-13-23(14-12-22)28(26,27)19-8-3-2-4-9-19/h2-10,17H,11-16H2,1H3/t17-/m1/s1. The Balaban J connectivity index is 1.39. The van der Waals surface area contributed by atoms with E-state index in [0.29, 0.717) is 43.7 Å². The van der Waals surface area contributed by atoms with Crippen LogP contribution in [0.1, 0.15) is 12.5 Å². The zero-order chi connectivity index (χ0) is 19.7. The van der Waals surface area contributed by atoms with Crippen LogP contribution in [-0.2, 0) is 21.2 Å². The summed E-state index contributed by atoms with van der Waals surface area (Å²) in [7, 11) is -3.50. The van der Waals surface area contributed by atoms with Gasteiger partial charge >= 0.3 is 0 Å². The molecule has 0 N–H and O–H groups in total. The van der Waals surface area contributed by atoms with E-state index in [2.05, 4.69) is 24.0 Å². The summed E-state index contributed by atoms with van der Waals surface area (Å²) in [4.78, 5) is 17.1. The summed E-state index contributed by atoms with van der Waals surface area (Å²) in [6, 6.07) is 17.0. The third-order valence-electron chi connectivity index (χ3n) is 5.63. The predicted molar refractivity (Wildman–Crippen MR) is 109 cm³/mol. The zero-order valence-electron chi connectivity index (χ0n) is 16.0. The molecule has 0 bridgehead atoms. The normalized spacial score (nSPS) is 20.2. The fourth-order valence-corrected chi connectivity index (χ4v) is 5.48. The van der Waals surface area contributed by atoms with E-state index < -0.39 is 10.0 Å². The van der Waals surface area contributed by atoms with Crippen LogP contribution in [0.5, 0.6) is 0 Å². The van der Waals surface area contributed by atoms with Crippen LogP contribution in [0.4, 0.5) is 5.69 Å². The van der Waals surface area contributed by atoms with Gasteiger partial charge in [0.15, 0.2) is 0 Å². The lowest BCUT2D eigenvalue weighted by Crippen LogP contribution is -2.53. The number of sulfonamides is 1. The Morgan fingerprint density at radius 3 is 2.32 bits per heavy atom. The van der Waals surface area contributed by atoms with Crippen LogP contribution < -0.4 is 4.90 Å². The minimum Gasteiger partial charge on any atom is -0.359 e. The first kappa shape index (κ1) is 19.0. The first-order chi connectivity index (χ1) is 13.5. The van der Waals surface area contributed by atoms with Crippen molar-refractivity contribution in [3.05, 3.63) is 60.2 Å². The molecule has 0 spiro atoms. The molecule has 2 aromatic carbocycles. The van der Waals surface area contributed by atoms with Gasteiger partial charge < -0.3 is 9.80 Å². The number of benzene rings is 2. The van der Waals surface area contributed by atoms with Crippen LogP contribution in [0.2, 0.25) is 0 Å². The summed E-state index contributed by atoms with van der Waals surface area (Å²) in [6.45, 7) is 3.98. The summed E-state index contributed by atoms with van der Waals surface area (Å²) in [5, 5.41) is 0. The summed E-state index contributed by atoms with van der Waals surface area (Å²) in [5.74, 6) is 0.0558. The fraction of sp³-hybridized carbons (Fsp3) is 0.381. The van der Waals surface area contributed by atoms with E-state index in [1.165, 1.54) is 9.87 Å². The monoisotopic (exact) mass is 399 g/mol. The first-order valence-electron chi connectivity index (χ1n) is 9.64. The predicted octanol–water partition coefficient (Wildman–Crippen LogP) is 1.97. The molecule has 0 radical (unpaired) electrons. The summed E-state index contributed by atoms with van der Waals surface area (Å²) < 4.78 is 26.9. The number of carbonyl (C=O) groups is 1. The molecule has 0 unspecified atom stereocenters. The maximum absolute atomic E-state index is 12.9. The number of nitrogens with zero attached hydrogens (tertiary/aromatic N) is 3. The second-order valence-electron chi connectivity index (χ2n) is 7.41. The van der Waals surface area contributed by atoms with E-state index in [1.54, 1.807) is 35.2 Å². The Morgan fingerprint density at radius 1 is 0.964 bits per heavy atom. The van der Waals surface area contributed by atoms with Crippen molar-refractivity contribution < 1.29 is 13.2 Å². The number of para-hydroxylation sites is 1. The molecule has 0 aliphatic carbocycles. The number of fused-ring (bicyclic) bond motifs is 1. The molecule has 1 fully saturated rings. The van der Waals surface area contributed by atoms with E-state index in [1.807, 2.05) is 12.1 Å². The number of amides is 1. The minimum atomic E-state index is -3.50. The lowest BCUT2D eigenvalue weighted by Gasteiger charge is -2.35. The lowest BCUT2D eigenvalue weighted by atomic mass is 10.1. The van der Waals surface area contributed by atoms with E-state index >= 15 is 0 Å². The number of carbonyl (C=O) groups excluding carboxylic acids is 1. The van der Waals surface area contributed by atoms with E-state index in [4.69, 9.17) is 0 Å². The van der Waals surface area contributed by atoms with Crippen molar-refractivity contribution in [1.29, 1.82) is 0 Å². The van der Waals surface area contributed by atoms with Crippen LogP contribution in [0.15, 0.2) is 59.5 Å². The molecule has 2 aliphatic rings. The number of piperazine rings is 1. The summed E-state index contributed by atoms with van der Waals surface area (Å²) in [5.41, 5.74) is 2.41. The number of anilines is 1. The highest BCUT2D eigenvalue weighted by molar-refractivity contribution is 7.89. The van der Waals surface area contributed by atoms with Gasteiger partial charge in [0.1, 0.15) is 0 Å². The van der Waals surface area contributed by atoms with Crippen LogP contribution in [0, 0.1) is 0 Å². The Bertz CT molecular complexity index is 954. The van der Waals surface area contributed by atoms with Crippen molar-refractivity contribution in [1.82, 2.24) is 9.21 Å². The van der Waals surface area contributed by atoms with Crippen molar-refractivity contribution in [2.45, 2.75) is 24.3 Å². The largest absolute Gasteiger partial charge is 0.359 e. The smallest absolute Gasteiger partial charge is 0.243 e. The van der Waals surface area contributed by atoms with Gasteiger partial charge in [-0.15, -0.1) is 0 Å². The molecular weight excluding hydrogens is 374 g/mol. The highest BCUT2D eigenvalue weighted by Gasteiger charge is 2.32. The Hall–Kier alpha value is -2.38. The van der Waals surface area contributed by atoms with Crippen molar-refractivity contribution in [2.75, 3.05) is 37.6 Å². The molecule has 2 heterocycles. The molecule has 1 saturated heterocycles. The van der Waals surface area contributed by atoms with Gasteiger partial charge in [-0.05, 0) is 37.1 Å². The number of rotatable bonds is 4. The third-order valence-corrected chi connectivity index (χ3v) is 7.54. The maximum Gasteiger partial charge on any atom is 0.243 e. The van der Waals surface area contributed by atoms with Crippen molar-refractivity contribution in [3.8, 4) is 0 Å². The molecule has 6 nitrogen and oxygen atoms in total. The maximum atomic E-state index is 12.9. The van der Waals surface area contributed by atoms with Crippen LogP contribution in [0.3, 0.4) is 0 Å². The van der Waals surface area contributed by atoms with E-state index in [9.17, 15) is 13.2 Å². The second-order valence-corrected chi connectivity index (χ2v) is 9.35. The molecule has 28 heavy (non-hydrogen) atoms. The van der Waals surface area contributed by atoms with Crippen molar-refractivity contribution in [3.63, 3.8) is 0 Å². The molecule has 4 rings (SSSR count). The zero-order valence-corrected chi connectivity index (χ0v) is 16.8. The lowest BCUT2D eigenvalue weighted by molar-refractivity contribution is -0.130. The Morgan fingerprint density at radius 2 is 1.61 bits per heavy atom. The van der Waals surface area contributed by atoms with Crippen LogP contribution >= 0.6 is 0 Å². The molecule has 1 amide bonds. The fourth-order valence-electron chi connectivity index (χ4n) is 4.04. The van der Waals surface area contributed by atoms with Gasteiger partial charge in [-0.25, -0.2) is 8.42 Å². The van der Waals surface area contributed by atoms with Crippen molar-refractivity contribution in [2.24, 2.45) is 0 Å². The van der Waals surface area contributed by atoms with Crippen molar-refractivity contribution >= 4 is 21.6 Å². The SMILES string of the molecule is C[C@@H]1Cc2ccccc2N1CC(=O)N1CCN(S(=O)(=O)c2ccccc2)CC1. The molecule has 148 valence electrons. The topological polar surface area (TPSA) is 60.9 Å². The molecule has 1 atom stereocenters. The molecule has 2 aromatic rings. The Labute approximate surface area is 166 Å². The van der Waals surface area contributed by atoms with Crippen LogP contribution in [-0.4, -0.2) is 62.3 Å². The molecule has 2 aliphatic heterocycles. The molecule has 0 aromatic heterocycles. The number of hydrogen-bond acceptors (Lipinski definition) is 4. The molecular formula is C21H25N3O3S. The minimum absolute atomic E-state index is 0.0558. The molecule has 0 saturated carbocycles. The highest BCUT2D eigenvalue weighted by Crippen LogP contribution is 2.31. The highest BCUT2D eigenvalue weighted by atomic mass is 32.2.